The van der Waals surface area contributed by atoms with Gasteiger partial charge >= 0.3 is 0 Å². The van der Waals surface area contributed by atoms with Crippen molar-refractivity contribution in [1.82, 2.24) is 15.3 Å². The van der Waals surface area contributed by atoms with E-state index in [1.54, 1.807) is 12.3 Å². The van der Waals surface area contributed by atoms with Crippen molar-refractivity contribution in [3.63, 3.8) is 0 Å². The van der Waals surface area contributed by atoms with Crippen molar-refractivity contribution in [3.05, 3.63) is 53.9 Å². The fraction of sp³-hybridized carbons (Fsp3) is 0.389. The highest BCUT2D eigenvalue weighted by Gasteiger charge is 2.16. The van der Waals surface area contributed by atoms with Gasteiger partial charge in [0, 0.05) is 18.8 Å². The summed E-state index contributed by atoms with van der Waals surface area (Å²) in [5.41, 5.74) is 1.62. The summed E-state index contributed by atoms with van der Waals surface area (Å²) in [6, 6.07) is 12.2. The van der Waals surface area contributed by atoms with Crippen molar-refractivity contribution in [3.8, 4) is 0 Å². The highest BCUT2D eigenvalue weighted by molar-refractivity contribution is 5.92. The van der Waals surface area contributed by atoms with Crippen LogP contribution < -0.4 is 10.6 Å². The molecule has 0 atom stereocenters. The molecule has 0 saturated heterocycles. The molecule has 120 valence electrons. The van der Waals surface area contributed by atoms with Gasteiger partial charge in [0.1, 0.15) is 5.69 Å². The molecule has 1 aromatic carbocycles. The third-order valence-corrected chi connectivity index (χ3v) is 4.12. The normalized spacial score (nSPS) is 14.6. The average Bonchev–Trinajstić information content (AvgIpc) is 3.09. The third kappa shape index (κ3) is 4.52. The molecule has 0 spiro atoms. The van der Waals surface area contributed by atoms with Crippen LogP contribution in [-0.2, 0) is 6.42 Å². The minimum atomic E-state index is -0.155. The summed E-state index contributed by atoms with van der Waals surface area (Å²) < 4.78 is 0. The van der Waals surface area contributed by atoms with Crippen molar-refractivity contribution < 1.29 is 4.79 Å². The van der Waals surface area contributed by atoms with E-state index < -0.39 is 0 Å². The van der Waals surface area contributed by atoms with E-state index in [9.17, 15) is 4.79 Å². The highest BCUT2D eigenvalue weighted by Crippen LogP contribution is 2.20. The largest absolute Gasteiger partial charge is 0.351 e. The fourth-order valence-electron chi connectivity index (χ4n) is 2.86. The molecule has 5 nitrogen and oxygen atoms in total. The molecule has 1 heterocycles. The van der Waals surface area contributed by atoms with Gasteiger partial charge in [0.25, 0.3) is 5.91 Å². The maximum atomic E-state index is 12.2. The van der Waals surface area contributed by atoms with Crippen molar-refractivity contribution in [2.45, 2.75) is 38.1 Å². The van der Waals surface area contributed by atoms with E-state index in [2.05, 4.69) is 32.7 Å². The van der Waals surface area contributed by atoms with Crippen LogP contribution in [0, 0.1) is 0 Å². The summed E-state index contributed by atoms with van der Waals surface area (Å²) in [5.74, 6) is 0.394. The Labute approximate surface area is 136 Å². The zero-order valence-corrected chi connectivity index (χ0v) is 13.2. The topological polar surface area (TPSA) is 66.9 Å². The monoisotopic (exact) mass is 310 g/mol. The predicted molar refractivity (Wildman–Crippen MR) is 90.4 cm³/mol. The number of hydrogen-bond donors (Lipinski definition) is 2. The Morgan fingerprint density at radius 3 is 2.70 bits per heavy atom. The lowest BCUT2D eigenvalue weighted by molar-refractivity contribution is 0.0949. The molecule has 0 bridgehead atoms. The summed E-state index contributed by atoms with van der Waals surface area (Å²) >= 11 is 0. The van der Waals surface area contributed by atoms with Gasteiger partial charge in [-0.15, -0.1) is 0 Å². The SMILES string of the molecule is O=C(NCCc1ccccc1)c1ccnc(NC2CCCC2)n1. The lowest BCUT2D eigenvalue weighted by Gasteiger charge is -2.12. The van der Waals surface area contributed by atoms with Gasteiger partial charge in [0.15, 0.2) is 0 Å². The second-order valence-corrected chi connectivity index (χ2v) is 5.88. The number of rotatable bonds is 6. The Kier molecular flexibility index (Phi) is 5.19. The number of nitrogens with one attached hydrogen (secondary N) is 2. The van der Waals surface area contributed by atoms with Gasteiger partial charge in [-0.05, 0) is 30.9 Å². The second kappa shape index (κ2) is 7.72. The molecule has 1 aliphatic carbocycles. The molecule has 2 N–H and O–H groups in total. The Morgan fingerprint density at radius 2 is 1.91 bits per heavy atom. The number of benzene rings is 1. The first-order valence-corrected chi connectivity index (χ1v) is 8.23. The molecule has 1 amide bonds. The Hall–Kier alpha value is -2.43. The van der Waals surface area contributed by atoms with Crippen LogP contribution in [0.5, 0.6) is 0 Å². The first kappa shape index (κ1) is 15.5. The molecule has 2 aromatic rings. The molecular formula is C18H22N4O. The van der Waals surface area contributed by atoms with E-state index in [-0.39, 0.29) is 5.91 Å². The summed E-state index contributed by atoms with van der Waals surface area (Å²) in [6.45, 7) is 0.595. The quantitative estimate of drug-likeness (QED) is 0.861. The van der Waals surface area contributed by atoms with E-state index in [1.165, 1.54) is 18.4 Å². The van der Waals surface area contributed by atoms with Gasteiger partial charge in [-0.3, -0.25) is 4.79 Å². The van der Waals surface area contributed by atoms with Crippen LogP contribution in [0.25, 0.3) is 0 Å². The first-order chi connectivity index (χ1) is 11.3. The molecule has 0 aliphatic heterocycles. The van der Waals surface area contributed by atoms with Crippen molar-refractivity contribution in [2.24, 2.45) is 0 Å². The molecule has 0 radical (unpaired) electrons. The molecule has 1 saturated carbocycles. The third-order valence-electron chi connectivity index (χ3n) is 4.12. The van der Waals surface area contributed by atoms with Crippen LogP contribution in [0.2, 0.25) is 0 Å². The smallest absolute Gasteiger partial charge is 0.270 e. The van der Waals surface area contributed by atoms with Crippen molar-refractivity contribution in [2.75, 3.05) is 11.9 Å². The lowest BCUT2D eigenvalue weighted by atomic mass is 10.1. The Balaban J connectivity index is 1.52. The second-order valence-electron chi connectivity index (χ2n) is 5.88. The van der Waals surface area contributed by atoms with Gasteiger partial charge in [-0.2, -0.15) is 0 Å². The van der Waals surface area contributed by atoms with E-state index in [4.69, 9.17) is 0 Å². The molecule has 1 fully saturated rings. The van der Waals surface area contributed by atoms with Crippen molar-refractivity contribution in [1.29, 1.82) is 0 Å². The number of hydrogen-bond acceptors (Lipinski definition) is 4. The fourth-order valence-corrected chi connectivity index (χ4v) is 2.86. The summed E-state index contributed by atoms with van der Waals surface area (Å²) in [5, 5.41) is 6.23. The van der Waals surface area contributed by atoms with Gasteiger partial charge in [-0.1, -0.05) is 43.2 Å². The minimum absolute atomic E-state index is 0.155. The van der Waals surface area contributed by atoms with Crippen LogP contribution in [0.3, 0.4) is 0 Å². The number of carbonyl (C=O) groups excluding carboxylic acids is 1. The standard InChI is InChI=1S/C18H22N4O/c23-17(19-12-10-14-6-2-1-3-7-14)16-11-13-20-18(22-16)21-15-8-4-5-9-15/h1-3,6-7,11,13,15H,4-5,8-10,12H2,(H,19,23)(H,20,21,22). The van der Waals surface area contributed by atoms with Crippen LogP contribution in [0.4, 0.5) is 5.95 Å². The number of carbonyl (C=O) groups is 1. The summed E-state index contributed by atoms with van der Waals surface area (Å²) in [4.78, 5) is 20.7. The highest BCUT2D eigenvalue weighted by atomic mass is 16.1. The van der Waals surface area contributed by atoms with E-state index in [0.717, 1.165) is 19.3 Å². The zero-order valence-electron chi connectivity index (χ0n) is 13.2. The van der Waals surface area contributed by atoms with Gasteiger partial charge in [0.2, 0.25) is 5.95 Å². The number of amides is 1. The van der Waals surface area contributed by atoms with Crippen LogP contribution in [0.15, 0.2) is 42.6 Å². The van der Waals surface area contributed by atoms with Crippen LogP contribution in [0.1, 0.15) is 41.7 Å². The molecule has 1 aliphatic rings. The number of aromatic nitrogens is 2. The van der Waals surface area contributed by atoms with Gasteiger partial charge in [0.05, 0.1) is 0 Å². The average molecular weight is 310 g/mol. The molecule has 0 unspecified atom stereocenters. The van der Waals surface area contributed by atoms with E-state index in [0.29, 0.717) is 24.2 Å². The Morgan fingerprint density at radius 1 is 1.13 bits per heavy atom. The maximum Gasteiger partial charge on any atom is 0.270 e. The first-order valence-electron chi connectivity index (χ1n) is 8.23. The number of anilines is 1. The van der Waals surface area contributed by atoms with Gasteiger partial charge < -0.3 is 10.6 Å². The zero-order chi connectivity index (χ0) is 15.9. The van der Waals surface area contributed by atoms with E-state index in [1.807, 2.05) is 18.2 Å². The molecule has 5 heteroatoms. The van der Waals surface area contributed by atoms with Gasteiger partial charge in [-0.25, -0.2) is 9.97 Å². The minimum Gasteiger partial charge on any atom is -0.351 e. The lowest BCUT2D eigenvalue weighted by Crippen LogP contribution is -2.27. The maximum absolute atomic E-state index is 12.2. The van der Waals surface area contributed by atoms with Crippen molar-refractivity contribution >= 4 is 11.9 Å². The number of nitrogens with zero attached hydrogens (tertiary/aromatic N) is 2. The molecule has 1 aromatic heterocycles. The predicted octanol–water partition coefficient (Wildman–Crippen LogP) is 2.80. The summed E-state index contributed by atoms with van der Waals surface area (Å²) in [6.07, 6.45) is 7.24. The molecular weight excluding hydrogens is 288 g/mol. The molecule has 23 heavy (non-hydrogen) atoms. The summed E-state index contributed by atoms with van der Waals surface area (Å²) in [7, 11) is 0. The van der Waals surface area contributed by atoms with E-state index >= 15 is 0 Å². The Bertz CT molecular complexity index is 638. The van der Waals surface area contributed by atoms with Crippen LogP contribution >= 0.6 is 0 Å². The van der Waals surface area contributed by atoms with Crippen LogP contribution in [-0.4, -0.2) is 28.5 Å². The molecule has 3 rings (SSSR count).